The van der Waals surface area contributed by atoms with Gasteiger partial charge in [-0.3, -0.25) is 0 Å². The fourth-order valence-corrected chi connectivity index (χ4v) is 1.13. The predicted octanol–water partition coefficient (Wildman–Crippen LogP) is 1.87. The van der Waals surface area contributed by atoms with Gasteiger partial charge in [-0.05, 0) is 30.5 Å². The highest BCUT2D eigenvalue weighted by molar-refractivity contribution is 5.31. The molecule has 2 heteroatoms. The Kier molecular flexibility index (Phi) is 3.48. The van der Waals surface area contributed by atoms with E-state index in [1.54, 1.807) is 12.1 Å². The first-order valence-corrected chi connectivity index (χ1v) is 4.43. The fraction of sp³-hybridized carbons (Fsp3) is 0.364. The Bertz CT molecular complexity index is 297. The molecular weight excluding hydrogens is 162 g/mol. The quantitative estimate of drug-likeness (QED) is 0.762. The summed E-state index contributed by atoms with van der Waals surface area (Å²) in [5.74, 6) is 0. The van der Waals surface area contributed by atoms with Crippen LogP contribution in [-0.2, 0) is 6.42 Å². The molecule has 1 rings (SSSR count). The molecule has 0 amide bonds. The molecule has 0 aliphatic rings. The van der Waals surface area contributed by atoms with Gasteiger partial charge in [0.25, 0.3) is 0 Å². The Morgan fingerprint density at radius 1 is 1.38 bits per heavy atom. The van der Waals surface area contributed by atoms with Crippen LogP contribution in [0.15, 0.2) is 24.3 Å². The highest BCUT2D eigenvalue weighted by atomic mass is 16.3. The third-order valence-corrected chi connectivity index (χ3v) is 2.03. The minimum absolute atomic E-state index is 0.270. The normalized spacial score (nSPS) is 12.1. The van der Waals surface area contributed by atoms with Crippen LogP contribution in [0.3, 0.4) is 0 Å². The number of nitriles is 1. The van der Waals surface area contributed by atoms with E-state index in [4.69, 9.17) is 5.26 Å². The maximum absolute atomic E-state index is 9.37. The molecule has 0 aromatic heterocycles. The molecule has 1 atom stereocenters. The number of aliphatic hydroxyl groups is 1. The van der Waals surface area contributed by atoms with Crippen molar-refractivity contribution >= 4 is 0 Å². The summed E-state index contributed by atoms with van der Waals surface area (Å²) < 4.78 is 0. The molecule has 1 aromatic rings. The van der Waals surface area contributed by atoms with E-state index in [9.17, 15) is 5.11 Å². The zero-order chi connectivity index (χ0) is 9.68. The summed E-state index contributed by atoms with van der Waals surface area (Å²) in [6.07, 6.45) is 1.16. The molecule has 13 heavy (non-hydrogen) atoms. The summed E-state index contributed by atoms with van der Waals surface area (Å²) in [6.45, 7) is 1.95. The zero-order valence-corrected chi connectivity index (χ0v) is 7.70. The van der Waals surface area contributed by atoms with Crippen molar-refractivity contribution in [1.82, 2.24) is 0 Å². The largest absolute Gasteiger partial charge is 0.393 e. The highest BCUT2D eigenvalue weighted by Gasteiger charge is 2.01. The third kappa shape index (κ3) is 2.89. The van der Waals surface area contributed by atoms with Crippen molar-refractivity contribution in [3.05, 3.63) is 35.4 Å². The summed E-state index contributed by atoms with van der Waals surface area (Å²) in [5.41, 5.74) is 1.74. The first-order valence-electron chi connectivity index (χ1n) is 4.43. The van der Waals surface area contributed by atoms with Crippen LogP contribution in [0, 0.1) is 11.3 Å². The van der Waals surface area contributed by atoms with Crippen molar-refractivity contribution in [2.45, 2.75) is 25.9 Å². The molecule has 1 N–H and O–H groups in total. The van der Waals surface area contributed by atoms with Crippen molar-refractivity contribution in [2.24, 2.45) is 0 Å². The lowest BCUT2D eigenvalue weighted by atomic mass is 10.1. The van der Waals surface area contributed by atoms with Crippen LogP contribution in [0.4, 0.5) is 0 Å². The van der Waals surface area contributed by atoms with Crippen LogP contribution < -0.4 is 0 Å². The molecule has 0 saturated carbocycles. The van der Waals surface area contributed by atoms with Crippen molar-refractivity contribution in [3.63, 3.8) is 0 Å². The monoisotopic (exact) mass is 175 g/mol. The zero-order valence-electron chi connectivity index (χ0n) is 7.70. The second-order valence-electron chi connectivity index (χ2n) is 3.07. The Hall–Kier alpha value is -1.33. The molecule has 0 aliphatic carbocycles. The minimum Gasteiger partial charge on any atom is -0.393 e. The van der Waals surface area contributed by atoms with Gasteiger partial charge < -0.3 is 5.11 Å². The number of rotatable bonds is 3. The molecule has 2 nitrogen and oxygen atoms in total. The fourth-order valence-electron chi connectivity index (χ4n) is 1.13. The molecule has 0 heterocycles. The summed E-state index contributed by atoms with van der Waals surface area (Å²) in [5, 5.41) is 17.9. The maximum atomic E-state index is 9.37. The lowest BCUT2D eigenvalue weighted by Gasteiger charge is -2.06. The average Bonchev–Trinajstić information content (AvgIpc) is 2.19. The average molecular weight is 175 g/mol. The summed E-state index contributed by atoms with van der Waals surface area (Å²) in [6, 6.07) is 9.38. The number of benzene rings is 1. The van der Waals surface area contributed by atoms with E-state index in [0.29, 0.717) is 12.0 Å². The molecule has 0 saturated heterocycles. The lowest BCUT2D eigenvalue weighted by Crippen LogP contribution is -2.08. The van der Waals surface area contributed by atoms with Gasteiger partial charge >= 0.3 is 0 Å². The van der Waals surface area contributed by atoms with Crippen molar-refractivity contribution in [1.29, 1.82) is 5.26 Å². The van der Waals surface area contributed by atoms with Crippen molar-refractivity contribution < 1.29 is 5.11 Å². The summed E-state index contributed by atoms with van der Waals surface area (Å²) >= 11 is 0. The number of hydrogen-bond acceptors (Lipinski definition) is 2. The molecule has 0 spiro atoms. The Morgan fingerprint density at radius 2 is 2.00 bits per heavy atom. The summed E-state index contributed by atoms with van der Waals surface area (Å²) in [7, 11) is 0. The minimum atomic E-state index is -0.270. The van der Waals surface area contributed by atoms with E-state index < -0.39 is 0 Å². The molecule has 0 fully saturated rings. The van der Waals surface area contributed by atoms with Crippen LogP contribution in [-0.4, -0.2) is 11.2 Å². The second kappa shape index (κ2) is 4.64. The van der Waals surface area contributed by atoms with Crippen LogP contribution >= 0.6 is 0 Å². The van der Waals surface area contributed by atoms with Gasteiger partial charge in [0.1, 0.15) is 0 Å². The topological polar surface area (TPSA) is 44.0 Å². The van der Waals surface area contributed by atoms with Crippen LogP contribution in [0.1, 0.15) is 24.5 Å². The molecule has 1 aromatic carbocycles. The van der Waals surface area contributed by atoms with Gasteiger partial charge in [-0.15, -0.1) is 0 Å². The number of hydrogen-bond donors (Lipinski definition) is 1. The molecule has 68 valence electrons. The Labute approximate surface area is 78.4 Å². The number of nitrogens with zero attached hydrogens (tertiary/aromatic N) is 1. The second-order valence-corrected chi connectivity index (χ2v) is 3.07. The van der Waals surface area contributed by atoms with Gasteiger partial charge in [0.05, 0.1) is 17.7 Å². The first-order chi connectivity index (χ1) is 6.26. The Balaban J connectivity index is 2.65. The standard InChI is InChI=1S/C11H13NO/c1-2-11(13)7-9-3-5-10(8-12)6-4-9/h3-6,11,13H,2,7H2,1H3. The van der Waals surface area contributed by atoms with E-state index in [-0.39, 0.29) is 6.10 Å². The van der Waals surface area contributed by atoms with E-state index >= 15 is 0 Å². The van der Waals surface area contributed by atoms with Gasteiger partial charge in [0, 0.05) is 0 Å². The number of aliphatic hydroxyl groups excluding tert-OH is 1. The molecule has 0 aliphatic heterocycles. The smallest absolute Gasteiger partial charge is 0.0991 e. The summed E-state index contributed by atoms with van der Waals surface area (Å²) in [4.78, 5) is 0. The third-order valence-electron chi connectivity index (χ3n) is 2.03. The van der Waals surface area contributed by atoms with E-state index in [1.807, 2.05) is 19.1 Å². The molecule has 1 unspecified atom stereocenters. The van der Waals surface area contributed by atoms with Crippen molar-refractivity contribution in [3.8, 4) is 6.07 Å². The molecule has 0 bridgehead atoms. The van der Waals surface area contributed by atoms with E-state index in [0.717, 1.165) is 12.0 Å². The van der Waals surface area contributed by atoms with Gasteiger partial charge in [-0.25, -0.2) is 0 Å². The molecule has 0 radical (unpaired) electrons. The molecular formula is C11H13NO. The van der Waals surface area contributed by atoms with E-state index in [2.05, 4.69) is 6.07 Å². The van der Waals surface area contributed by atoms with Crippen LogP contribution in [0.5, 0.6) is 0 Å². The lowest BCUT2D eigenvalue weighted by molar-refractivity contribution is 0.171. The predicted molar refractivity (Wildman–Crippen MR) is 51.2 cm³/mol. The van der Waals surface area contributed by atoms with E-state index in [1.165, 1.54) is 0 Å². The van der Waals surface area contributed by atoms with Crippen LogP contribution in [0.25, 0.3) is 0 Å². The van der Waals surface area contributed by atoms with Gasteiger partial charge in [0.2, 0.25) is 0 Å². The highest BCUT2D eigenvalue weighted by Crippen LogP contribution is 2.07. The van der Waals surface area contributed by atoms with Crippen LogP contribution in [0.2, 0.25) is 0 Å². The van der Waals surface area contributed by atoms with Gasteiger partial charge in [-0.2, -0.15) is 5.26 Å². The SMILES string of the molecule is CCC(O)Cc1ccc(C#N)cc1. The van der Waals surface area contributed by atoms with Gasteiger partial charge in [-0.1, -0.05) is 19.1 Å². The maximum Gasteiger partial charge on any atom is 0.0991 e. The Morgan fingerprint density at radius 3 is 2.46 bits per heavy atom. The first kappa shape index (κ1) is 9.76. The van der Waals surface area contributed by atoms with Gasteiger partial charge in [0.15, 0.2) is 0 Å². The van der Waals surface area contributed by atoms with Crippen molar-refractivity contribution in [2.75, 3.05) is 0 Å².